The molecule has 0 spiro atoms. The highest BCUT2D eigenvalue weighted by Crippen LogP contribution is 2.39. The molecule has 1 aliphatic rings. The lowest BCUT2D eigenvalue weighted by molar-refractivity contribution is -0.166. The Morgan fingerprint density at radius 1 is 1.17 bits per heavy atom. The first-order chi connectivity index (χ1) is 14.6. The molecule has 2 aromatic rings. The van der Waals surface area contributed by atoms with Gasteiger partial charge in [0.1, 0.15) is 5.82 Å². The highest BCUT2D eigenvalue weighted by molar-refractivity contribution is 5.91. The van der Waals surface area contributed by atoms with Crippen molar-refractivity contribution in [1.82, 2.24) is 5.32 Å². The van der Waals surface area contributed by atoms with Crippen LogP contribution in [0.1, 0.15) is 36.8 Å². The summed E-state index contributed by atoms with van der Waals surface area (Å²) < 4.78 is 25.2. The normalized spacial score (nSPS) is 20.9. The van der Waals surface area contributed by atoms with E-state index in [-0.39, 0.29) is 35.9 Å². The summed E-state index contributed by atoms with van der Waals surface area (Å²) in [6.45, 7) is 2.73. The van der Waals surface area contributed by atoms with Gasteiger partial charge in [0, 0.05) is 31.6 Å². The van der Waals surface area contributed by atoms with Crippen molar-refractivity contribution in [3.05, 3.63) is 83.4 Å². The van der Waals surface area contributed by atoms with Gasteiger partial charge >= 0.3 is 0 Å². The zero-order valence-electron chi connectivity index (χ0n) is 17.1. The van der Waals surface area contributed by atoms with Crippen LogP contribution in [0.4, 0.5) is 4.39 Å². The number of allylic oxidation sites excluding steroid dienone is 1. The molecule has 5 nitrogen and oxygen atoms in total. The van der Waals surface area contributed by atoms with Crippen LogP contribution in [-0.4, -0.2) is 30.5 Å². The molecule has 0 saturated heterocycles. The largest absolute Gasteiger partial charge is 0.459 e. The number of ether oxygens (including phenoxy) is 2. The smallest absolute Gasteiger partial charge is 0.286 e. The Morgan fingerprint density at radius 2 is 1.90 bits per heavy atom. The molecule has 0 unspecified atom stereocenters. The summed E-state index contributed by atoms with van der Waals surface area (Å²) in [5.41, 5.74) is 1.86. The van der Waals surface area contributed by atoms with E-state index in [1.54, 1.807) is 18.2 Å². The van der Waals surface area contributed by atoms with E-state index in [1.165, 1.54) is 12.1 Å². The minimum absolute atomic E-state index is 0.0552. The number of amides is 1. The molecule has 160 valence electrons. The minimum atomic E-state index is -0.626. The van der Waals surface area contributed by atoms with Gasteiger partial charge in [-0.25, -0.2) is 4.39 Å². The van der Waals surface area contributed by atoms with Crippen molar-refractivity contribution >= 4 is 5.91 Å². The molecule has 6 heteroatoms. The fourth-order valence-corrected chi connectivity index (χ4v) is 3.70. The van der Waals surface area contributed by atoms with Gasteiger partial charge in [-0.05, 0) is 49.1 Å². The highest BCUT2D eigenvalue weighted by atomic mass is 19.1. The number of aliphatic hydroxyl groups is 1. The molecule has 0 fully saturated rings. The number of carbonyl (C=O) groups excluding carboxylic acids is 1. The van der Waals surface area contributed by atoms with E-state index < -0.39 is 6.29 Å². The molecule has 0 aromatic heterocycles. The number of aliphatic hydroxyl groups excluding tert-OH is 1. The highest BCUT2D eigenvalue weighted by Gasteiger charge is 2.37. The molecule has 1 amide bonds. The number of nitrogens with one attached hydrogen (secondary N) is 1. The van der Waals surface area contributed by atoms with Gasteiger partial charge in [0.15, 0.2) is 5.76 Å². The summed E-state index contributed by atoms with van der Waals surface area (Å²) in [4.78, 5) is 12.8. The SMILES string of the molecule is CCO[C@@H]1OC(C(=O)NCc2ccccc2)=C[C@H](c2ccc(F)cc2)[C@H]1CCCO. The maximum absolute atomic E-state index is 13.5. The van der Waals surface area contributed by atoms with E-state index in [9.17, 15) is 14.3 Å². The Balaban J connectivity index is 1.85. The van der Waals surface area contributed by atoms with Crippen molar-refractivity contribution in [1.29, 1.82) is 0 Å². The maximum Gasteiger partial charge on any atom is 0.286 e. The zero-order chi connectivity index (χ0) is 21.3. The summed E-state index contributed by atoms with van der Waals surface area (Å²) >= 11 is 0. The monoisotopic (exact) mass is 413 g/mol. The van der Waals surface area contributed by atoms with E-state index in [1.807, 2.05) is 37.3 Å². The summed E-state index contributed by atoms with van der Waals surface area (Å²) in [5, 5.41) is 12.2. The van der Waals surface area contributed by atoms with E-state index in [0.717, 1.165) is 11.1 Å². The number of hydrogen-bond acceptors (Lipinski definition) is 4. The lowest BCUT2D eigenvalue weighted by Crippen LogP contribution is -2.39. The van der Waals surface area contributed by atoms with Gasteiger partial charge in [-0.15, -0.1) is 0 Å². The second kappa shape index (κ2) is 10.9. The molecule has 1 aliphatic heterocycles. The quantitative estimate of drug-likeness (QED) is 0.655. The van der Waals surface area contributed by atoms with E-state index in [2.05, 4.69) is 5.32 Å². The molecule has 0 radical (unpaired) electrons. The van der Waals surface area contributed by atoms with E-state index in [4.69, 9.17) is 9.47 Å². The van der Waals surface area contributed by atoms with Crippen molar-refractivity contribution in [2.45, 2.75) is 38.5 Å². The zero-order valence-corrected chi connectivity index (χ0v) is 17.1. The van der Waals surface area contributed by atoms with Crippen LogP contribution in [0.15, 0.2) is 66.4 Å². The summed E-state index contributed by atoms with van der Waals surface area (Å²) in [6.07, 6.45) is 2.39. The van der Waals surface area contributed by atoms with Crippen LogP contribution in [0.3, 0.4) is 0 Å². The molecule has 3 rings (SSSR count). The number of rotatable bonds is 9. The van der Waals surface area contributed by atoms with Crippen molar-refractivity contribution < 1.29 is 23.8 Å². The second-order valence-electron chi connectivity index (χ2n) is 7.25. The Bertz CT molecular complexity index is 838. The first-order valence-corrected chi connectivity index (χ1v) is 10.3. The van der Waals surface area contributed by atoms with E-state index in [0.29, 0.717) is 26.0 Å². The summed E-state index contributed by atoms with van der Waals surface area (Å²) in [7, 11) is 0. The van der Waals surface area contributed by atoms with Crippen molar-refractivity contribution in [2.24, 2.45) is 5.92 Å². The molecular weight excluding hydrogens is 385 g/mol. The molecule has 0 aliphatic carbocycles. The van der Waals surface area contributed by atoms with Gasteiger partial charge in [-0.2, -0.15) is 0 Å². The van der Waals surface area contributed by atoms with Crippen LogP contribution in [0.25, 0.3) is 0 Å². The molecule has 1 heterocycles. The minimum Gasteiger partial charge on any atom is -0.459 e. The Morgan fingerprint density at radius 3 is 2.57 bits per heavy atom. The lowest BCUT2D eigenvalue weighted by atomic mass is 9.80. The average Bonchev–Trinajstić information content (AvgIpc) is 2.77. The van der Waals surface area contributed by atoms with Crippen molar-refractivity contribution in [2.75, 3.05) is 13.2 Å². The van der Waals surface area contributed by atoms with Crippen LogP contribution in [0.5, 0.6) is 0 Å². The van der Waals surface area contributed by atoms with E-state index >= 15 is 0 Å². The van der Waals surface area contributed by atoms with Crippen LogP contribution >= 0.6 is 0 Å². The Labute approximate surface area is 176 Å². The van der Waals surface area contributed by atoms with Crippen LogP contribution in [0.2, 0.25) is 0 Å². The molecule has 30 heavy (non-hydrogen) atoms. The van der Waals surface area contributed by atoms with Crippen molar-refractivity contribution in [3.63, 3.8) is 0 Å². The van der Waals surface area contributed by atoms with Gasteiger partial charge in [0.05, 0.1) is 0 Å². The van der Waals surface area contributed by atoms with Crippen LogP contribution in [-0.2, 0) is 20.8 Å². The lowest BCUT2D eigenvalue weighted by Gasteiger charge is -2.37. The van der Waals surface area contributed by atoms with Gasteiger partial charge in [0.2, 0.25) is 6.29 Å². The topological polar surface area (TPSA) is 67.8 Å². The Hall–Kier alpha value is -2.70. The van der Waals surface area contributed by atoms with Crippen LogP contribution in [0, 0.1) is 11.7 Å². The molecule has 2 aromatic carbocycles. The Kier molecular flexibility index (Phi) is 7.99. The molecule has 0 saturated carbocycles. The number of hydrogen-bond donors (Lipinski definition) is 2. The first kappa shape index (κ1) is 22.0. The average molecular weight is 413 g/mol. The van der Waals surface area contributed by atoms with Gasteiger partial charge in [-0.1, -0.05) is 42.5 Å². The first-order valence-electron chi connectivity index (χ1n) is 10.3. The van der Waals surface area contributed by atoms with Gasteiger partial charge < -0.3 is 19.9 Å². The molecule has 0 bridgehead atoms. The molecule has 2 N–H and O–H groups in total. The summed E-state index contributed by atoms with van der Waals surface area (Å²) in [6, 6.07) is 15.9. The predicted octanol–water partition coefficient (Wildman–Crippen LogP) is 3.89. The molecule has 3 atom stereocenters. The fraction of sp³-hybridized carbons (Fsp3) is 0.375. The van der Waals surface area contributed by atoms with Crippen LogP contribution < -0.4 is 5.32 Å². The number of carbonyl (C=O) groups is 1. The second-order valence-corrected chi connectivity index (χ2v) is 7.25. The van der Waals surface area contributed by atoms with Gasteiger partial charge in [0.25, 0.3) is 5.91 Å². The maximum atomic E-state index is 13.5. The summed E-state index contributed by atoms with van der Waals surface area (Å²) in [5.74, 6) is -0.743. The van der Waals surface area contributed by atoms with Crippen molar-refractivity contribution in [3.8, 4) is 0 Å². The number of benzene rings is 2. The third-order valence-corrected chi connectivity index (χ3v) is 5.19. The fourth-order valence-electron chi connectivity index (χ4n) is 3.70. The third-order valence-electron chi connectivity index (χ3n) is 5.19. The van der Waals surface area contributed by atoms with Gasteiger partial charge in [-0.3, -0.25) is 4.79 Å². The predicted molar refractivity (Wildman–Crippen MR) is 112 cm³/mol. The molecular formula is C24H28FNO4. The third kappa shape index (κ3) is 5.68. The standard InChI is InChI=1S/C24H28FNO4/c1-2-29-24-20(9-6-14-27)21(18-10-12-19(25)13-11-18)15-22(30-24)23(28)26-16-17-7-4-3-5-8-17/h3-5,7-8,10-13,15,20-21,24,27H,2,6,9,14,16H2,1H3,(H,26,28)/t20-,21-,24-/m1/s1. The number of halogens is 1.